The second-order valence-electron chi connectivity index (χ2n) is 6.30. The fourth-order valence-electron chi connectivity index (χ4n) is 3.17. The summed E-state index contributed by atoms with van der Waals surface area (Å²) >= 11 is 1.62. The molecule has 1 heterocycles. The number of carboxylic acids is 1. The maximum atomic E-state index is 12.4. The van der Waals surface area contributed by atoms with Gasteiger partial charge >= 0.3 is 5.97 Å². The fourth-order valence-corrected chi connectivity index (χ4v) is 4.62. The molecule has 2 aromatic rings. The number of fused-ring (bicyclic) bond motifs is 1. The Labute approximate surface area is 145 Å². The van der Waals surface area contributed by atoms with Gasteiger partial charge in [0.15, 0.2) is 0 Å². The van der Waals surface area contributed by atoms with E-state index >= 15 is 0 Å². The monoisotopic (exact) mass is 343 g/mol. The van der Waals surface area contributed by atoms with Gasteiger partial charge in [0.25, 0.3) is 0 Å². The molecular formula is C19H21NO3S. The maximum Gasteiger partial charge on any atom is 0.326 e. The molecule has 2 N–H and O–H groups in total. The van der Waals surface area contributed by atoms with Crippen LogP contribution >= 0.6 is 11.8 Å². The Morgan fingerprint density at radius 1 is 1.25 bits per heavy atom. The minimum atomic E-state index is -0.994. The number of hydrogen-bond donors (Lipinski definition) is 2. The minimum Gasteiger partial charge on any atom is -0.480 e. The van der Waals surface area contributed by atoms with Crippen molar-refractivity contribution in [2.75, 3.05) is 5.75 Å². The van der Waals surface area contributed by atoms with Crippen molar-refractivity contribution >= 4 is 34.4 Å². The molecule has 126 valence electrons. The van der Waals surface area contributed by atoms with E-state index in [1.807, 2.05) is 49.4 Å². The summed E-state index contributed by atoms with van der Waals surface area (Å²) < 4.78 is 0. The molecule has 3 rings (SSSR count). The van der Waals surface area contributed by atoms with E-state index in [2.05, 4.69) is 5.32 Å². The van der Waals surface area contributed by atoms with E-state index in [9.17, 15) is 14.7 Å². The summed E-state index contributed by atoms with van der Waals surface area (Å²) in [6.45, 7) is 2.05. The standard InChI is InChI=1S/C19H21NO3S/c1-12-9-10-24-17(12)18(21)20-16(19(22)23)11-14-7-4-6-13-5-2-3-8-15(13)14/h2-8,12,16-17H,9-11H2,1H3,(H,20,21)(H,22,23)/t12?,16-,17?/m0/s1. The summed E-state index contributed by atoms with van der Waals surface area (Å²) in [6, 6.07) is 12.8. The average Bonchev–Trinajstić information content (AvgIpc) is 3.00. The summed E-state index contributed by atoms with van der Waals surface area (Å²) in [7, 11) is 0. The van der Waals surface area contributed by atoms with Crippen LogP contribution in [0.1, 0.15) is 18.9 Å². The predicted octanol–water partition coefficient (Wildman–Crippen LogP) is 3.09. The largest absolute Gasteiger partial charge is 0.480 e. The van der Waals surface area contributed by atoms with Crippen LogP contribution in [0.2, 0.25) is 0 Å². The summed E-state index contributed by atoms with van der Waals surface area (Å²) in [5.74, 6) is 0.104. The first-order valence-electron chi connectivity index (χ1n) is 8.17. The smallest absolute Gasteiger partial charge is 0.326 e. The van der Waals surface area contributed by atoms with E-state index in [0.717, 1.165) is 28.5 Å². The van der Waals surface area contributed by atoms with Gasteiger partial charge < -0.3 is 10.4 Å². The highest BCUT2D eigenvalue weighted by atomic mass is 32.2. The Hall–Kier alpha value is -2.01. The summed E-state index contributed by atoms with van der Waals surface area (Å²) in [6.07, 6.45) is 1.29. The highest BCUT2D eigenvalue weighted by Gasteiger charge is 2.33. The van der Waals surface area contributed by atoms with Crippen molar-refractivity contribution in [1.29, 1.82) is 0 Å². The molecule has 0 aliphatic carbocycles. The van der Waals surface area contributed by atoms with Crippen LogP contribution in [0.4, 0.5) is 0 Å². The van der Waals surface area contributed by atoms with Gasteiger partial charge in [0.05, 0.1) is 5.25 Å². The number of thioether (sulfide) groups is 1. The van der Waals surface area contributed by atoms with Gasteiger partial charge in [-0.25, -0.2) is 4.79 Å². The van der Waals surface area contributed by atoms with Gasteiger partial charge in [-0.1, -0.05) is 49.4 Å². The Morgan fingerprint density at radius 3 is 2.71 bits per heavy atom. The van der Waals surface area contributed by atoms with Gasteiger partial charge in [-0.05, 0) is 34.4 Å². The van der Waals surface area contributed by atoms with E-state index < -0.39 is 12.0 Å². The molecule has 0 spiro atoms. The molecule has 0 aromatic heterocycles. The second-order valence-corrected chi connectivity index (χ2v) is 7.55. The lowest BCUT2D eigenvalue weighted by atomic mass is 9.98. The number of amides is 1. The van der Waals surface area contributed by atoms with E-state index in [0.29, 0.717) is 5.92 Å². The third kappa shape index (κ3) is 3.56. The normalized spacial score (nSPS) is 21.5. The van der Waals surface area contributed by atoms with Crippen molar-refractivity contribution in [3.63, 3.8) is 0 Å². The minimum absolute atomic E-state index is 0.139. The molecule has 1 saturated heterocycles. The number of carbonyl (C=O) groups is 2. The van der Waals surface area contributed by atoms with Gasteiger partial charge in [-0.3, -0.25) is 4.79 Å². The molecule has 0 radical (unpaired) electrons. The number of rotatable bonds is 5. The van der Waals surface area contributed by atoms with Crippen LogP contribution in [-0.2, 0) is 16.0 Å². The van der Waals surface area contributed by atoms with Crippen molar-refractivity contribution in [2.24, 2.45) is 5.92 Å². The molecule has 4 nitrogen and oxygen atoms in total. The molecule has 24 heavy (non-hydrogen) atoms. The molecule has 5 heteroatoms. The van der Waals surface area contributed by atoms with Crippen LogP contribution in [-0.4, -0.2) is 34.0 Å². The van der Waals surface area contributed by atoms with Gasteiger partial charge in [0.1, 0.15) is 6.04 Å². The van der Waals surface area contributed by atoms with Crippen LogP contribution in [0.15, 0.2) is 42.5 Å². The summed E-state index contributed by atoms with van der Waals surface area (Å²) in [4.78, 5) is 24.1. The summed E-state index contributed by atoms with van der Waals surface area (Å²) in [5.41, 5.74) is 0.938. The fraction of sp³-hybridized carbons (Fsp3) is 0.368. The van der Waals surface area contributed by atoms with Crippen molar-refractivity contribution in [1.82, 2.24) is 5.32 Å². The Balaban J connectivity index is 1.79. The van der Waals surface area contributed by atoms with E-state index in [-0.39, 0.29) is 17.6 Å². The topological polar surface area (TPSA) is 66.4 Å². The molecule has 3 atom stereocenters. The third-order valence-corrected chi connectivity index (χ3v) is 6.07. The van der Waals surface area contributed by atoms with Gasteiger partial charge in [-0.15, -0.1) is 11.8 Å². The number of carboxylic acid groups (broad SMARTS) is 1. The zero-order valence-corrected chi connectivity index (χ0v) is 14.4. The lowest BCUT2D eigenvalue weighted by Crippen LogP contribution is -2.46. The van der Waals surface area contributed by atoms with Gasteiger partial charge in [0.2, 0.25) is 5.91 Å². The van der Waals surface area contributed by atoms with Crippen LogP contribution in [0.3, 0.4) is 0 Å². The van der Waals surface area contributed by atoms with Gasteiger partial charge in [-0.2, -0.15) is 0 Å². The van der Waals surface area contributed by atoms with Crippen molar-refractivity contribution in [3.05, 3.63) is 48.0 Å². The Kier molecular flexibility index (Phi) is 5.09. The number of carbonyl (C=O) groups excluding carboxylic acids is 1. The molecule has 2 aromatic carbocycles. The zero-order chi connectivity index (χ0) is 17.1. The van der Waals surface area contributed by atoms with Crippen molar-refractivity contribution in [3.8, 4) is 0 Å². The van der Waals surface area contributed by atoms with Crippen molar-refractivity contribution < 1.29 is 14.7 Å². The molecule has 0 bridgehead atoms. The maximum absolute atomic E-state index is 12.4. The lowest BCUT2D eigenvalue weighted by Gasteiger charge is -2.20. The molecule has 1 amide bonds. The first-order chi connectivity index (χ1) is 11.6. The average molecular weight is 343 g/mol. The number of nitrogens with one attached hydrogen (secondary N) is 1. The zero-order valence-electron chi connectivity index (χ0n) is 13.6. The van der Waals surface area contributed by atoms with E-state index in [1.54, 1.807) is 11.8 Å². The summed E-state index contributed by atoms with van der Waals surface area (Å²) in [5, 5.41) is 14.3. The third-order valence-electron chi connectivity index (χ3n) is 4.56. The molecule has 0 saturated carbocycles. The highest BCUT2D eigenvalue weighted by Crippen LogP contribution is 2.32. The van der Waals surface area contributed by atoms with Crippen LogP contribution < -0.4 is 5.32 Å². The first-order valence-corrected chi connectivity index (χ1v) is 9.22. The van der Waals surface area contributed by atoms with Crippen molar-refractivity contribution in [2.45, 2.75) is 31.1 Å². The van der Waals surface area contributed by atoms with E-state index in [4.69, 9.17) is 0 Å². The molecule has 1 aliphatic heterocycles. The van der Waals surface area contributed by atoms with Crippen LogP contribution in [0, 0.1) is 5.92 Å². The van der Waals surface area contributed by atoms with Crippen LogP contribution in [0.5, 0.6) is 0 Å². The number of hydrogen-bond acceptors (Lipinski definition) is 3. The van der Waals surface area contributed by atoms with Crippen LogP contribution in [0.25, 0.3) is 10.8 Å². The number of aliphatic carboxylic acids is 1. The Bertz CT molecular complexity index is 756. The molecule has 2 unspecified atom stereocenters. The first kappa shape index (κ1) is 16.8. The second kappa shape index (κ2) is 7.26. The SMILES string of the molecule is CC1CCSC1C(=O)N[C@@H](Cc1cccc2ccccc12)C(=O)O. The highest BCUT2D eigenvalue weighted by molar-refractivity contribution is 8.00. The predicted molar refractivity (Wildman–Crippen MR) is 97.2 cm³/mol. The molecule has 1 fully saturated rings. The Morgan fingerprint density at radius 2 is 2.00 bits per heavy atom. The number of benzene rings is 2. The molecular weight excluding hydrogens is 322 g/mol. The molecule has 1 aliphatic rings. The quantitative estimate of drug-likeness (QED) is 0.875. The van der Waals surface area contributed by atoms with Gasteiger partial charge in [0, 0.05) is 6.42 Å². The lowest BCUT2D eigenvalue weighted by molar-refractivity contribution is -0.141. The van der Waals surface area contributed by atoms with E-state index in [1.165, 1.54) is 0 Å².